The van der Waals surface area contributed by atoms with E-state index in [4.69, 9.17) is 4.74 Å². The van der Waals surface area contributed by atoms with E-state index in [1.54, 1.807) is 4.90 Å². The summed E-state index contributed by atoms with van der Waals surface area (Å²) in [6.07, 6.45) is 3.72. The van der Waals surface area contributed by atoms with Crippen LogP contribution in [0.3, 0.4) is 0 Å². The molecule has 0 spiro atoms. The number of aryl methyl sites for hydroxylation is 1. The molecule has 236 valence electrons. The van der Waals surface area contributed by atoms with Gasteiger partial charge in [0.15, 0.2) is 11.6 Å². The Hall–Kier alpha value is -4.65. The van der Waals surface area contributed by atoms with Crippen LogP contribution in [0.2, 0.25) is 0 Å². The summed E-state index contributed by atoms with van der Waals surface area (Å²) in [6.45, 7) is 2.83. The predicted molar refractivity (Wildman–Crippen MR) is 159 cm³/mol. The molecule has 1 saturated heterocycles. The lowest BCUT2D eigenvalue weighted by Crippen LogP contribution is -2.40. The van der Waals surface area contributed by atoms with Crippen LogP contribution >= 0.6 is 10.2 Å². The van der Waals surface area contributed by atoms with Crippen molar-refractivity contribution in [2.45, 2.75) is 31.1 Å². The molecule has 0 atom stereocenters. The second-order valence-corrected chi connectivity index (χ2v) is 13.3. The Labute approximate surface area is 255 Å². The highest BCUT2D eigenvalue weighted by molar-refractivity contribution is 8.45. The Balaban J connectivity index is 1.12. The Bertz CT molecular complexity index is 1720. The molecular weight excluding hydrogens is 617 g/mol. The van der Waals surface area contributed by atoms with Gasteiger partial charge in [0.2, 0.25) is 5.88 Å². The third kappa shape index (κ3) is 7.90. The van der Waals surface area contributed by atoms with E-state index in [1.807, 2.05) is 31.2 Å². The van der Waals surface area contributed by atoms with E-state index in [0.29, 0.717) is 42.6 Å². The van der Waals surface area contributed by atoms with Crippen LogP contribution in [0.5, 0.6) is 11.6 Å². The number of likely N-dealkylation sites (tertiary alicyclic amines) is 1. The number of pyridine rings is 2. The summed E-state index contributed by atoms with van der Waals surface area (Å²) in [6, 6.07) is 15.4. The second-order valence-electron chi connectivity index (χ2n) is 10.9. The first-order valence-electron chi connectivity index (χ1n) is 13.9. The van der Waals surface area contributed by atoms with Crippen LogP contribution in [0.15, 0.2) is 90.1 Å². The summed E-state index contributed by atoms with van der Waals surface area (Å²) in [4.78, 5) is 46.5. The maximum Gasteiger partial charge on any atom is 0.310 e. The summed E-state index contributed by atoms with van der Waals surface area (Å²) in [5.41, 5.74) is 2.71. The monoisotopic (exact) mass is 645 g/mol. The molecule has 0 bridgehead atoms. The number of Topliss-reactive ketones (excluding diaryl/α,β-unsaturated/α-hetero) is 2. The number of hydrogen-bond donors (Lipinski definition) is 0. The van der Waals surface area contributed by atoms with Crippen molar-refractivity contribution in [2.75, 3.05) is 13.1 Å². The van der Waals surface area contributed by atoms with E-state index in [2.05, 4.69) is 9.97 Å². The Morgan fingerprint density at radius 1 is 0.800 bits per heavy atom. The van der Waals surface area contributed by atoms with Gasteiger partial charge >= 0.3 is 10.2 Å². The third-order valence-electron chi connectivity index (χ3n) is 7.44. The fraction of sp³-hybridized carbons (Fsp3) is 0.219. The highest BCUT2D eigenvalue weighted by atomic mass is 32.5. The summed E-state index contributed by atoms with van der Waals surface area (Å²) in [7, 11) is -9.78. The van der Waals surface area contributed by atoms with Crippen LogP contribution in [-0.4, -0.2) is 45.4 Å². The summed E-state index contributed by atoms with van der Waals surface area (Å²) in [5.74, 6) is -0.783. The average Bonchev–Trinajstić information content (AvgIpc) is 3.01. The average molecular weight is 646 g/mol. The molecule has 0 aliphatic carbocycles. The van der Waals surface area contributed by atoms with Gasteiger partial charge < -0.3 is 9.64 Å². The lowest BCUT2D eigenvalue weighted by molar-refractivity contribution is 0.0650. The van der Waals surface area contributed by atoms with Crippen molar-refractivity contribution in [1.82, 2.24) is 14.9 Å². The van der Waals surface area contributed by atoms with Crippen molar-refractivity contribution >= 4 is 27.7 Å². The van der Waals surface area contributed by atoms with Gasteiger partial charge in [0.1, 0.15) is 16.3 Å². The second kappa shape index (κ2) is 11.4. The molecule has 0 radical (unpaired) electrons. The largest absolute Gasteiger partial charge is 0.439 e. The van der Waals surface area contributed by atoms with Gasteiger partial charge in [-0.15, -0.1) is 0 Å². The zero-order valence-electron chi connectivity index (χ0n) is 24.0. The Kier molecular flexibility index (Phi) is 8.02. The quantitative estimate of drug-likeness (QED) is 0.134. The molecule has 2 aromatic carbocycles. The minimum Gasteiger partial charge on any atom is -0.439 e. The topological polar surface area (TPSA) is 89.5 Å². The molecule has 7 nitrogen and oxygen atoms in total. The number of nitrogens with zero attached hydrogens (tertiary/aromatic N) is 3. The maximum atomic E-state index is 13.0. The number of rotatable bonds is 9. The molecular formula is C32H28F5N3O4S. The van der Waals surface area contributed by atoms with Crippen LogP contribution in [0.25, 0.3) is 0 Å². The van der Waals surface area contributed by atoms with Crippen molar-refractivity contribution in [1.29, 1.82) is 0 Å². The number of benzene rings is 2. The molecule has 4 aromatic rings. The van der Waals surface area contributed by atoms with Crippen LogP contribution < -0.4 is 4.74 Å². The highest BCUT2D eigenvalue weighted by Crippen LogP contribution is 3.02. The van der Waals surface area contributed by atoms with Crippen molar-refractivity contribution in [3.63, 3.8) is 0 Å². The smallest absolute Gasteiger partial charge is 0.310 e. The van der Waals surface area contributed by atoms with Gasteiger partial charge in [-0.05, 0) is 61.7 Å². The number of carbonyl (C=O) groups excluding carboxylic acids is 3. The molecule has 2 aromatic heterocycles. The van der Waals surface area contributed by atoms with E-state index in [-0.39, 0.29) is 59.3 Å². The number of halogens is 5. The number of hydrogen-bond acceptors (Lipinski definition) is 6. The first-order valence-corrected chi connectivity index (χ1v) is 15.9. The van der Waals surface area contributed by atoms with Crippen molar-refractivity contribution in [3.8, 4) is 11.6 Å². The lowest BCUT2D eigenvalue weighted by Gasteiger charge is -2.40. The van der Waals surface area contributed by atoms with Gasteiger partial charge in [-0.2, -0.15) is 0 Å². The van der Waals surface area contributed by atoms with E-state index >= 15 is 0 Å². The molecule has 13 heteroatoms. The van der Waals surface area contributed by atoms with Gasteiger partial charge in [-0.1, -0.05) is 55.3 Å². The SMILES string of the molecule is Cc1ccc(C(=O)C2CCN(C(=O)c3ccc(C(=O)Cc4ccc(Oc5ccc(S(F)(F)(F)(F)F)cc5)nc4)nc3)CC2)cc1. The summed E-state index contributed by atoms with van der Waals surface area (Å²) >= 11 is 0. The van der Waals surface area contributed by atoms with Crippen molar-refractivity contribution in [2.24, 2.45) is 5.92 Å². The van der Waals surface area contributed by atoms with Crippen LogP contribution in [-0.2, 0) is 6.42 Å². The van der Waals surface area contributed by atoms with Gasteiger partial charge in [-0.3, -0.25) is 19.4 Å². The van der Waals surface area contributed by atoms with Gasteiger partial charge in [0.25, 0.3) is 5.91 Å². The standard InChI is InChI=1S/C32H28F5N3O4S/c1-21-2-5-23(6-3-21)31(42)24-14-16-40(17-15-24)32(43)25-7-12-28(38-20-25)29(41)18-22-4-13-30(39-19-22)44-26-8-10-27(11-9-26)45(33,34,35,36)37/h2-13,19-20,24H,14-18H2,1H3. The fourth-order valence-electron chi connectivity index (χ4n) is 4.90. The van der Waals surface area contributed by atoms with Crippen LogP contribution in [0.4, 0.5) is 19.4 Å². The Morgan fingerprint density at radius 2 is 1.44 bits per heavy atom. The predicted octanol–water partition coefficient (Wildman–Crippen LogP) is 8.40. The maximum absolute atomic E-state index is 13.0. The van der Waals surface area contributed by atoms with Crippen LogP contribution in [0, 0.1) is 12.8 Å². The minimum absolute atomic E-state index is 0.0178. The molecule has 0 N–H and O–H groups in total. The molecule has 3 heterocycles. The number of ether oxygens (including phenoxy) is 1. The lowest BCUT2D eigenvalue weighted by atomic mass is 9.88. The first kappa shape index (κ1) is 31.8. The van der Waals surface area contributed by atoms with Gasteiger partial charge in [0.05, 0.1) is 5.56 Å². The molecule has 0 saturated carbocycles. The van der Waals surface area contributed by atoms with Crippen molar-refractivity contribution in [3.05, 3.63) is 113 Å². The Morgan fingerprint density at radius 3 is 2.00 bits per heavy atom. The minimum atomic E-state index is -9.78. The molecule has 1 aliphatic rings. The summed E-state index contributed by atoms with van der Waals surface area (Å²) < 4.78 is 69.8. The molecule has 1 aliphatic heterocycles. The number of piperidine rings is 1. The zero-order valence-corrected chi connectivity index (χ0v) is 24.8. The zero-order chi connectivity index (χ0) is 32.5. The number of aromatic nitrogens is 2. The van der Waals surface area contributed by atoms with E-state index < -0.39 is 15.1 Å². The normalized spacial score (nSPS) is 15.6. The molecule has 45 heavy (non-hydrogen) atoms. The van der Waals surface area contributed by atoms with Crippen LogP contribution in [0.1, 0.15) is 55.2 Å². The highest BCUT2D eigenvalue weighted by Gasteiger charge is 2.65. The number of amides is 1. The molecule has 5 rings (SSSR count). The first-order chi connectivity index (χ1) is 21.1. The fourth-order valence-corrected chi connectivity index (χ4v) is 5.55. The summed E-state index contributed by atoms with van der Waals surface area (Å²) in [5, 5.41) is 0. The van der Waals surface area contributed by atoms with E-state index in [9.17, 15) is 33.8 Å². The van der Waals surface area contributed by atoms with E-state index in [0.717, 1.165) is 17.7 Å². The van der Waals surface area contributed by atoms with Crippen molar-refractivity contribution < 1.29 is 38.5 Å². The number of carbonyl (C=O) groups is 3. The number of ketones is 2. The molecule has 1 amide bonds. The van der Waals surface area contributed by atoms with E-state index in [1.165, 1.54) is 36.7 Å². The van der Waals surface area contributed by atoms with Gasteiger partial charge in [-0.25, -0.2) is 4.98 Å². The molecule has 1 fully saturated rings. The van der Waals surface area contributed by atoms with Gasteiger partial charge in [0, 0.05) is 49.5 Å². The third-order valence-corrected chi connectivity index (χ3v) is 8.60. The molecule has 0 unspecified atom stereocenters.